The van der Waals surface area contributed by atoms with Gasteiger partial charge in [0.1, 0.15) is 17.5 Å². The van der Waals surface area contributed by atoms with E-state index in [1.807, 2.05) is 0 Å². The fourth-order valence-electron chi connectivity index (χ4n) is 7.03. The highest BCUT2D eigenvalue weighted by Crippen LogP contribution is 2.55. The quantitative estimate of drug-likeness (QED) is 0.497. The largest absolute Gasteiger partial charge is 0.359 e. The van der Waals surface area contributed by atoms with Gasteiger partial charge >= 0.3 is 0 Å². The zero-order chi connectivity index (χ0) is 28.2. The van der Waals surface area contributed by atoms with Crippen LogP contribution in [-0.4, -0.2) is 46.4 Å². The molecule has 1 saturated carbocycles. The first-order chi connectivity index (χ1) is 19.2. The van der Waals surface area contributed by atoms with Gasteiger partial charge in [0.2, 0.25) is 17.7 Å². The fourth-order valence-corrected chi connectivity index (χ4v) is 7.16. The Balaban J connectivity index is 1.32. The highest BCUT2D eigenvalue weighted by molar-refractivity contribution is 6.30. The van der Waals surface area contributed by atoms with Crippen LogP contribution in [0.25, 0.3) is 0 Å². The molecular weight excluding hydrogens is 533 g/mol. The molecule has 0 radical (unpaired) electrons. The number of hydrogen-bond donors (Lipinski definition) is 2. The summed E-state index contributed by atoms with van der Waals surface area (Å²) in [6.07, 6.45) is 5.99. The Labute approximate surface area is 238 Å². The summed E-state index contributed by atoms with van der Waals surface area (Å²) in [6.45, 7) is 4.45. The molecule has 1 aliphatic carbocycles. The van der Waals surface area contributed by atoms with Gasteiger partial charge < -0.3 is 20.3 Å². The van der Waals surface area contributed by atoms with Gasteiger partial charge in [-0.3, -0.25) is 14.4 Å². The van der Waals surface area contributed by atoms with Crippen molar-refractivity contribution < 1.29 is 23.5 Å². The maximum Gasteiger partial charge on any atom is 0.246 e. The molecule has 2 aromatic carbocycles. The van der Waals surface area contributed by atoms with Crippen LogP contribution in [0.5, 0.6) is 0 Å². The van der Waals surface area contributed by atoms with E-state index in [-0.39, 0.29) is 36.1 Å². The lowest BCUT2D eigenvalue weighted by Gasteiger charge is -2.38. The van der Waals surface area contributed by atoms with E-state index in [1.165, 1.54) is 17.0 Å². The van der Waals surface area contributed by atoms with Crippen molar-refractivity contribution in [2.24, 2.45) is 23.7 Å². The molecule has 210 valence electrons. The Hall–Kier alpha value is -3.23. The summed E-state index contributed by atoms with van der Waals surface area (Å²) in [5, 5.41) is 6.68. The highest BCUT2D eigenvalue weighted by Gasteiger charge is 2.72. The maximum absolute atomic E-state index is 14.1. The van der Waals surface area contributed by atoms with E-state index in [0.717, 1.165) is 19.3 Å². The lowest BCUT2D eigenvalue weighted by molar-refractivity contribution is -0.142. The zero-order valence-corrected chi connectivity index (χ0v) is 23.2. The minimum atomic E-state index is -1.27. The third kappa shape index (κ3) is 4.51. The molecule has 40 heavy (non-hydrogen) atoms. The van der Waals surface area contributed by atoms with Gasteiger partial charge in [0.25, 0.3) is 0 Å². The molecule has 2 saturated heterocycles. The van der Waals surface area contributed by atoms with Crippen LogP contribution in [0.15, 0.2) is 60.7 Å². The first kappa shape index (κ1) is 27.0. The molecule has 1 spiro atoms. The van der Waals surface area contributed by atoms with Crippen molar-refractivity contribution in [1.29, 1.82) is 0 Å². The van der Waals surface area contributed by atoms with Gasteiger partial charge in [-0.25, -0.2) is 4.39 Å². The predicted molar refractivity (Wildman–Crippen MR) is 149 cm³/mol. The molecule has 0 unspecified atom stereocenters. The van der Waals surface area contributed by atoms with Crippen LogP contribution in [0.1, 0.15) is 38.7 Å². The SMILES string of the molecule is C[C@H]1[C@H](C)CCC[C@@H]1NC(=O)[C@@H]1N(Cc2ccc(F)cc2)C(=O)[C@H]2[C@H](C(=O)Nc3ccc(Cl)cc3)[C@H]3C=C[C@@]12O3. The number of amides is 3. The number of benzene rings is 2. The molecule has 4 aliphatic rings. The summed E-state index contributed by atoms with van der Waals surface area (Å²) in [5.41, 5.74) is -0.0278. The molecule has 3 heterocycles. The van der Waals surface area contributed by atoms with E-state index in [1.54, 1.807) is 48.6 Å². The number of fused-ring (bicyclic) bond motifs is 1. The minimum absolute atomic E-state index is 0.0129. The Morgan fingerprint density at radius 3 is 2.52 bits per heavy atom. The van der Waals surface area contributed by atoms with Crippen molar-refractivity contribution in [1.82, 2.24) is 10.2 Å². The smallest absolute Gasteiger partial charge is 0.246 e. The Bertz CT molecular complexity index is 1350. The molecule has 9 heteroatoms. The summed E-state index contributed by atoms with van der Waals surface area (Å²) in [7, 11) is 0. The number of halogens is 2. The van der Waals surface area contributed by atoms with E-state index in [9.17, 15) is 18.8 Å². The molecule has 3 fully saturated rings. The minimum Gasteiger partial charge on any atom is -0.359 e. The fraction of sp³-hybridized carbons (Fsp3) is 0.452. The first-order valence-electron chi connectivity index (χ1n) is 14.0. The second-order valence-electron chi connectivity index (χ2n) is 11.7. The molecule has 0 aromatic heterocycles. The monoisotopic (exact) mass is 565 g/mol. The molecule has 2 aromatic rings. The number of rotatable bonds is 6. The molecule has 8 atom stereocenters. The van der Waals surface area contributed by atoms with Crippen molar-refractivity contribution in [3.05, 3.63) is 77.1 Å². The van der Waals surface area contributed by atoms with Crippen molar-refractivity contribution >= 4 is 35.0 Å². The average molecular weight is 566 g/mol. The Morgan fingerprint density at radius 1 is 1.07 bits per heavy atom. The van der Waals surface area contributed by atoms with Crippen LogP contribution in [-0.2, 0) is 25.7 Å². The number of hydrogen-bond acceptors (Lipinski definition) is 4. The highest BCUT2D eigenvalue weighted by atomic mass is 35.5. The Kier molecular flexibility index (Phi) is 6.95. The maximum atomic E-state index is 14.1. The van der Waals surface area contributed by atoms with Crippen LogP contribution in [0, 0.1) is 29.5 Å². The van der Waals surface area contributed by atoms with Gasteiger partial charge in [0.15, 0.2) is 0 Å². The number of ether oxygens (including phenoxy) is 1. The number of likely N-dealkylation sites (tertiary alicyclic amines) is 1. The van der Waals surface area contributed by atoms with Crippen LogP contribution in [0.4, 0.5) is 10.1 Å². The third-order valence-electron chi connectivity index (χ3n) is 9.34. The van der Waals surface area contributed by atoms with Gasteiger partial charge in [-0.05, 0) is 60.2 Å². The van der Waals surface area contributed by atoms with E-state index in [2.05, 4.69) is 24.5 Å². The lowest BCUT2D eigenvalue weighted by atomic mass is 9.73. The summed E-state index contributed by atoms with van der Waals surface area (Å²) in [6, 6.07) is 11.6. The molecule has 3 aliphatic heterocycles. The van der Waals surface area contributed by atoms with Crippen LogP contribution in [0.2, 0.25) is 5.02 Å². The Morgan fingerprint density at radius 2 is 1.80 bits per heavy atom. The number of nitrogens with one attached hydrogen (secondary N) is 2. The number of anilines is 1. The van der Waals surface area contributed by atoms with Crippen molar-refractivity contribution in [3.8, 4) is 0 Å². The second kappa shape index (κ2) is 10.3. The summed E-state index contributed by atoms with van der Waals surface area (Å²) >= 11 is 5.99. The van der Waals surface area contributed by atoms with E-state index >= 15 is 0 Å². The molecule has 3 amide bonds. The van der Waals surface area contributed by atoms with E-state index in [4.69, 9.17) is 16.3 Å². The summed E-state index contributed by atoms with van der Waals surface area (Å²) < 4.78 is 20.1. The summed E-state index contributed by atoms with van der Waals surface area (Å²) in [4.78, 5) is 43.3. The normalized spacial score (nSPS) is 34.1. The number of carbonyl (C=O) groups is 3. The van der Waals surface area contributed by atoms with Crippen LogP contribution >= 0.6 is 11.6 Å². The number of carbonyl (C=O) groups excluding carboxylic acids is 3. The summed E-state index contributed by atoms with van der Waals surface area (Å²) in [5.74, 6) is -2.25. The van der Waals surface area contributed by atoms with E-state index < -0.39 is 29.6 Å². The van der Waals surface area contributed by atoms with Gasteiger partial charge in [-0.15, -0.1) is 0 Å². The average Bonchev–Trinajstić information content (AvgIpc) is 3.57. The van der Waals surface area contributed by atoms with Crippen molar-refractivity contribution in [3.63, 3.8) is 0 Å². The van der Waals surface area contributed by atoms with Gasteiger partial charge in [0, 0.05) is 23.3 Å². The lowest BCUT2D eigenvalue weighted by Crippen LogP contribution is -2.57. The van der Waals surface area contributed by atoms with Gasteiger partial charge in [-0.1, -0.05) is 62.6 Å². The van der Waals surface area contributed by atoms with Gasteiger partial charge in [-0.2, -0.15) is 0 Å². The molecular formula is C31H33ClFN3O4. The zero-order valence-electron chi connectivity index (χ0n) is 22.5. The molecule has 7 nitrogen and oxygen atoms in total. The predicted octanol–water partition coefficient (Wildman–Crippen LogP) is 4.71. The topological polar surface area (TPSA) is 87.7 Å². The van der Waals surface area contributed by atoms with E-state index in [0.29, 0.717) is 28.1 Å². The molecule has 2 bridgehead atoms. The van der Waals surface area contributed by atoms with Crippen LogP contribution in [0.3, 0.4) is 0 Å². The third-order valence-corrected chi connectivity index (χ3v) is 9.59. The standard InChI is InChI=1S/C31H33ClFN3O4/c1-17-4-3-5-23(18(17)2)35-29(38)27-31-15-14-24(40-31)25(28(37)34-22-12-8-20(32)9-13-22)26(31)30(39)36(27)16-19-6-10-21(33)11-7-19/h6-15,17-18,23-27H,3-5,16H2,1-2H3,(H,34,37)(H,35,38)/t17-,18+,23+,24-,25-,26-,27+,31+/m1/s1. The first-order valence-corrected chi connectivity index (χ1v) is 14.3. The molecule has 6 rings (SSSR count). The van der Waals surface area contributed by atoms with Gasteiger partial charge in [0.05, 0.1) is 17.9 Å². The van der Waals surface area contributed by atoms with Crippen molar-refractivity contribution in [2.75, 3.05) is 5.32 Å². The second-order valence-corrected chi connectivity index (χ2v) is 12.1. The number of nitrogens with zero attached hydrogens (tertiary/aromatic N) is 1. The van der Waals surface area contributed by atoms with Crippen molar-refractivity contribution in [2.45, 2.75) is 63.4 Å². The molecule has 2 N–H and O–H groups in total. The van der Waals surface area contributed by atoms with Crippen LogP contribution < -0.4 is 10.6 Å².